The Labute approximate surface area is 123 Å². The Morgan fingerprint density at radius 3 is 2.10 bits per heavy atom. The summed E-state index contributed by atoms with van der Waals surface area (Å²) in [6.45, 7) is 1.71. The fourth-order valence-electron chi connectivity index (χ4n) is 3.15. The molecule has 0 aromatic heterocycles. The lowest BCUT2D eigenvalue weighted by Crippen LogP contribution is -2.57. The Bertz CT molecular complexity index is 344. The van der Waals surface area contributed by atoms with Crippen molar-refractivity contribution in [2.75, 3.05) is 6.61 Å². The zero-order chi connectivity index (χ0) is 15.7. The maximum atomic E-state index is 9.92. The molecule has 2 rings (SSSR count). The highest BCUT2D eigenvalue weighted by Crippen LogP contribution is 2.28. The van der Waals surface area contributed by atoms with Crippen molar-refractivity contribution in [3.05, 3.63) is 0 Å². The molecule has 8 heteroatoms. The Kier molecular flexibility index (Phi) is 5.55. The van der Waals surface area contributed by atoms with Crippen LogP contribution >= 0.6 is 0 Å². The van der Waals surface area contributed by atoms with Crippen molar-refractivity contribution in [1.82, 2.24) is 5.32 Å². The van der Waals surface area contributed by atoms with Gasteiger partial charge in [0.25, 0.3) is 0 Å². The lowest BCUT2D eigenvalue weighted by molar-refractivity contribution is -0.282. The second kappa shape index (κ2) is 6.84. The van der Waals surface area contributed by atoms with Crippen molar-refractivity contribution in [2.24, 2.45) is 5.92 Å². The minimum absolute atomic E-state index is 0.0610. The summed E-state index contributed by atoms with van der Waals surface area (Å²) in [7, 11) is 0. The lowest BCUT2D eigenvalue weighted by atomic mass is 9.91. The van der Waals surface area contributed by atoms with Gasteiger partial charge in [-0.1, -0.05) is 6.92 Å². The first kappa shape index (κ1) is 17.0. The van der Waals surface area contributed by atoms with E-state index < -0.39 is 36.8 Å². The third kappa shape index (κ3) is 3.38. The largest absolute Gasteiger partial charge is 0.395 e. The van der Waals surface area contributed by atoms with E-state index in [1.807, 2.05) is 6.92 Å². The van der Waals surface area contributed by atoms with Gasteiger partial charge in [-0.05, 0) is 18.8 Å². The first-order valence-electron chi connectivity index (χ1n) is 7.29. The average molecular weight is 307 g/mol. The molecular formula is C13H25NO7. The average Bonchev–Trinajstić information content (AvgIpc) is 2.75. The van der Waals surface area contributed by atoms with E-state index in [1.54, 1.807) is 0 Å². The maximum absolute atomic E-state index is 9.92. The highest BCUT2D eigenvalue weighted by Gasteiger charge is 2.44. The molecule has 0 spiro atoms. The normalized spacial score (nSPS) is 51.3. The van der Waals surface area contributed by atoms with Gasteiger partial charge in [0.2, 0.25) is 0 Å². The van der Waals surface area contributed by atoms with Gasteiger partial charge in [-0.3, -0.25) is 0 Å². The summed E-state index contributed by atoms with van der Waals surface area (Å²) in [4.78, 5) is 0. The topological polar surface area (TPSA) is 143 Å². The van der Waals surface area contributed by atoms with Crippen LogP contribution in [-0.2, 0) is 4.74 Å². The molecule has 0 aromatic rings. The zero-order valence-electron chi connectivity index (χ0n) is 11.9. The van der Waals surface area contributed by atoms with Crippen LogP contribution < -0.4 is 5.32 Å². The van der Waals surface area contributed by atoms with Gasteiger partial charge >= 0.3 is 0 Å². The molecule has 2 aliphatic heterocycles. The Hall–Kier alpha value is -0.320. The molecule has 21 heavy (non-hydrogen) atoms. The summed E-state index contributed by atoms with van der Waals surface area (Å²) in [6, 6.07) is -0.436. The molecule has 2 fully saturated rings. The molecule has 0 aromatic carbocycles. The van der Waals surface area contributed by atoms with Crippen LogP contribution in [0.3, 0.4) is 0 Å². The second-order valence-corrected chi connectivity index (χ2v) is 6.03. The van der Waals surface area contributed by atoms with Gasteiger partial charge in [0.15, 0.2) is 6.29 Å². The first-order chi connectivity index (χ1) is 9.86. The van der Waals surface area contributed by atoms with Crippen molar-refractivity contribution < 1.29 is 35.4 Å². The molecule has 7 N–H and O–H groups in total. The summed E-state index contributed by atoms with van der Waals surface area (Å²) in [5.74, 6) is -0.0664. The van der Waals surface area contributed by atoms with Gasteiger partial charge in [-0.15, -0.1) is 0 Å². The molecule has 0 saturated carbocycles. The van der Waals surface area contributed by atoms with Crippen LogP contribution in [0.15, 0.2) is 0 Å². The summed E-state index contributed by atoms with van der Waals surface area (Å²) < 4.78 is 5.11. The van der Waals surface area contributed by atoms with Crippen molar-refractivity contribution in [2.45, 2.75) is 68.7 Å². The highest BCUT2D eigenvalue weighted by atomic mass is 16.6. The monoisotopic (exact) mass is 307 g/mol. The highest BCUT2D eigenvalue weighted by molar-refractivity contribution is 4.96. The summed E-state index contributed by atoms with van der Waals surface area (Å²) in [5, 5.41) is 60.5. The van der Waals surface area contributed by atoms with Crippen molar-refractivity contribution in [3.8, 4) is 0 Å². The summed E-state index contributed by atoms with van der Waals surface area (Å²) >= 11 is 0. The van der Waals surface area contributed by atoms with Gasteiger partial charge in [-0.2, -0.15) is 0 Å². The fraction of sp³-hybridized carbons (Fsp3) is 1.00. The third-order valence-corrected chi connectivity index (χ3v) is 4.66. The molecular weight excluding hydrogens is 282 g/mol. The lowest BCUT2D eigenvalue weighted by Gasteiger charge is -2.38. The number of hydrogen-bond acceptors (Lipinski definition) is 8. The van der Waals surface area contributed by atoms with E-state index in [1.165, 1.54) is 0 Å². The number of aliphatic hydroxyl groups excluding tert-OH is 6. The number of hydrogen-bond donors (Lipinski definition) is 7. The smallest absolute Gasteiger partial charge is 0.183 e. The van der Waals surface area contributed by atoms with E-state index in [2.05, 4.69) is 5.32 Å². The molecule has 124 valence electrons. The molecule has 2 heterocycles. The van der Waals surface area contributed by atoms with Gasteiger partial charge < -0.3 is 40.7 Å². The van der Waals surface area contributed by atoms with Crippen LogP contribution in [0.4, 0.5) is 0 Å². The predicted molar refractivity (Wildman–Crippen MR) is 71.1 cm³/mol. The van der Waals surface area contributed by atoms with E-state index in [0.29, 0.717) is 12.8 Å². The quantitative estimate of drug-likeness (QED) is 0.289. The molecule has 0 amide bonds. The second-order valence-electron chi connectivity index (χ2n) is 6.03. The van der Waals surface area contributed by atoms with Gasteiger partial charge in [-0.25, -0.2) is 0 Å². The van der Waals surface area contributed by atoms with Crippen LogP contribution in [-0.4, -0.2) is 86.1 Å². The SMILES string of the molecule is CC1C(O)[C@@H](CO)N[C@@H]1CCC1O[C@@H](O)C(O)C(O)[C@H]1O. The number of nitrogens with one attached hydrogen (secondary N) is 1. The Morgan fingerprint density at radius 2 is 1.52 bits per heavy atom. The van der Waals surface area contributed by atoms with Crippen LogP contribution in [0.2, 0.25) is 0 Å². The van der Waals surface area contributed by atoms with Gasteiger partial charge in [0.1, 0.15) is 18.3 Å². The van der Waals surface area contributed by atoms with Crippen molar-refractivity contribution >= 4 is 0 Å². The standard InChI is InChI=1S/C13H25NO7/c1-5-6(14-7(4-15)9(5)16)2-3-8-10(17)11(18)12(19)13(20)21-8/h5-20H,2-4H2,1H3/t5?,6-,7-,8?,9?,10+,11?,12?,13-/m1/s1. The third-order valence-electron chi connectivity index (χ3n) is 4.66. The minimum Gasteiger partial charge on any atom is -0.395 e. The van der Waals surface area contributed by atoms with Gasteiger partial charge in [0.05, 0.1) is 24.9 Å². The molecule has 0 radical (unpaired) electrons. The van der Waals surface area contributed by atoms with Crippen LogP contribution in [0.1, 0.15) is 19.8 Å². The van der Waals surface area contributed by atoms with E-state index in [-0.39, 0.29) is 24.6 Å². The molecule has 2 aliphatic rings. The van der Waals surface area contributed by atoms with E-state index in [4.69, 9.17) is 9.84 Å². The molecule has 2 saturated heterocycles. The predicted octanol–water partition coefficient (Wildman–Crippen LogP) is -3.10. The fourth-order valence-corrected chi connectivity index (χ4v) is 3.15. The van der Waals surface area contributed by atoms with Crippen LogP contribution in [0, 0.1) is 5.92 Å². The maximum Gasteiger partial charge on any atom is 0.183 e. The zero-order valence-corrected chi connectivity index (χ0v) is 11.9. The van der Waals surface area contributed by atoms with Crippen molar-refractivity contribution in [1.29, 1.82) is 0 Å². The number of aliphatic hydroxyl groups is 6. The van der Waals surface area contributed by atoms with Crippen LogP contribution in [0.25, 0.3) is 0 Å². The molecule has 0 bridgehead atoms. The van der Waals surface area contributed by atoms with Crippen LogP contribution in [0.5, 0.6) is 0 Å². The molecule has 5 unspecified atom stereocenters. The molecule has 0 aliphatic carbocycles. The summed E-state index contributed by atoms with van der Waals surface area (Å²) in [6.07, 6.45) is -6.35. The number of ether oxygens (including phenoxy) is 1. The van der Waals surface area contributed by atoms with Gasteiger partial charge in [0, 0.05) is 6.04 Å². The Morgan fingerprint density at radius 1 is 0.857 bits per heavy atom. The Balaban J connectivity index is 1.88. The van der Waals surface area contributed by atoms with E-state index in [0.717, 1.165) is 0 Å². The molecule has 9 atom stereocenters. The van der Waals surface area contributed by atoms with E-state index in [9.17, 15) is 25.5 Å². The number of rotatable bonds is 4. The van der Waals surface area contributed by atoms with Crippen molar-refractivity contribution in [3.63, 3.8) is 0 Å². The minimum atomic E-state index is -1.53. The molecule has 8 nitrogen and oxygen atoms in total. The first-order valence-corrected chi connectivity index (χ1v) is 7.29. The summed E-state index contributed by atoms with van der Waals surface area (Å²) in [5.41, 5.74) is 0. The van der Waals surface area contributed by atoms with E-state index >= 15 is 0 Å².